The zero-order valence-electron chi connectivity index (χ0n) is 16.6. The van der Waals surface area contributed by atoms with Crippen molar-refractivity contribution in [2.75, 3.05) is 32.7 Å². The first-order valence-corrected chi connectivity index (χ1v) is 10.9. The summed E-state index contributed by atoms with van der Waals surface area (Å²) >= 11 is 0. The van der Waals surface area contributed by atoms with Crippen LogP contribution in [0.4, 0.5) is 0 Å². The first-order valence-electron chi connectivity index (χ1n) is 10.9. The molecule has 1 aromatic rings. The van der Waals surface area contributed by atoms with Crippen LogP contribution >= 0.6 is 0 Å². The zero-order valence-corrected chi connectivity index (χ0v) is 16.6. The summed E-state index contributed by atoms with van der Waals surface area (Å²) < 4.78 is 0. The Labute approximate surface area is 160 Å². The van der Waals surface area contributed by atoms with E-state index in [-0.39, 0.29) is 6.10 Å². The van der Waals surface area contributed by atoms with Crippen LogP contribution in [-0.4, -0.2) is 48.8 Å². The Balaban J connectivity index is 1.70. The molecule has 1 saturated heterocycles. The van der Waals surface area contributed by atoms with Crippen molar-refractivity contribution in [1.82, 2.24) is 10.2 Å². The number of piperazine rings is 1. The molecule has 3 rings (SSSR count). The molecule has 0 amide bonds. The summed E-state index contributed by atoms with van der Waals surface area (Å²) in [5.74, 6) is 1.57. The summed E-state index contributed by atoms with van der Waals surface area (Å²) in [6, 6.07) is 11.0. The van der Waals surface area contributed by atoms with E-state index >= 15 is 0 Å². The van der Waals surface area contributed by atoms with Crippen molar-refractivity contribution < 1.29 is 5.11 Å². The highest BCUT2D eigenvalue weighted by Gasteiger charge is 2.31. The van der Waals surface area contributed by atoms with Crippen molar-refractivity contribution in [1.29, 1.82) is 0 Å². The lowest BCUT2D eigenvalue weighted by Gasteiger charge is -2.36. The minimum Gasteiger partial charge on any atom is -0.393 e. The number of nitrogens with one attached hydrogen (secondary N) is 1. The number of hydrogen-bond donors (Lipinski definition) is 2. The fourth-order valence-electron chi connectivity index (χ4n) is 5.06. The van der Waals surface area contributed by atoms with E-state index < -0.39 is 0 Å². The molecule has 1 heterocycles. The Morgan fingerprint density at radius 2 is 1.73 bits per heavy atom. The van der Waals surface area contributed by atoms with E-state index in [2.05, 4.69) is 47.5 Å². The van der Waals surface area contributed by atoms with Crippen molar-refractivity contribution in [2.24, 2.45) is 11.8 Å². The van der Waals surface area contributed by atoms with E-state index in [4.69, 9.17) is 0 Å². The molecule has 2 aliphatic rings. The Morgan fingerprint density at radius 1 is 1.04 bits per heavy atom. The summed E-state index contributed by atoms with van der Waals surface area (Å²) in [5, 5.41) is 14.4. The third kappa shape index (κ3) is 5.80. The molecule has 26 heavy (non-hydrogen) atoms. The highest BCUT2D eigenvalue weighted by molar-refractivity contribution is 5.21. The van der Waals surface area contributed by atoms with Crippen LogP contribution in [0.5, 0.6) is 0 Å². The lowest BCUT2D eigenvalue weighted by atomic mass is 9.73. The van der Waals surface area contributed by atoms with Crippen molar-refractivity contribution in [3.63, 3.8) is 0 Å². The van der Waals surface area contributed by atoms with E-state index in [9.17, 15) is 5.11 Å². The molecule has 0 spiro atoms. The van der Waals surface area contributed by atoms with Gasteiger partial charge in [-0.15, -0.1) is 0 Å². The van der Waals surface area contributed by atoms with Gasteiger partial charge in [0.05, 0.1) is 6.10 Å². The molecule has 0 aromatic heterocycles. The number of aliphatic hydroxyl groups is 1. The van der Waals surface area contributed by atoms with Gasteiger partial charge in [0.2, 0.25) is 0 Å². The zero-order chi connectivity index (χ0) is 18.2. The molecule has 3 heteroatoms. The molecule has 1 aliphatic heterocycles. The molecule has 0 radical (unpaired) electrons. The molecule has 4 atom stereocenters. The summed E-state index contributed by atoms with van der Waals surface area (Å²) in [6.07, 6.45) is 8.32. The Kier molecular flexibility index (Phi) is 7.97. The molecule has 1 aromatic carbocycles. The van der Waals surface area contributed by atoms with E-state index in [0.717, 1.165) is 19.5 Å². The normalized spacial score (nSPS) is 28.1. The van der Waals surface area contributed by atoms with E-state index in [1.165, 1.54) is 63.7 Å². The van der Waals surface area contributed by atoms with Gasteiger partial charge >= 0.3 is 0 Å². The summed E-state index contributed by atoms with van der Waals surface area (Å²) in [4.78, 5) is 2.61. The summed E-state index contributed by atoms with van der Waals surface area (Å²) in [5.41, 5.74) is 1.43. The van der Waals surface area contributed by atoms with Gasteiger partial charge in [-0.2, -0.15) is 0 Å². The third-order valence-corrected chi connectivity index (χ3v) is 6.46. The second-order valence-electron chi connectivity index (χ2n) is 8.63. The van der Waals surface area contributed by atoms with Crippen LogP contribution in [0.3, 0.4) is 0 Å². The Morgan fingerprint density at radius 3 is 2.46 bits per heavy atom. The molecule has 1 saturated carbocycles. The van der Waals surface area contributed by atoms with Crippen molar-refractivity contribution in [2.45, 2.75) is 63.9 Å². The molecule has 3 nitrogen and oxygen atoms in total. The van der Waals surface area contributed by atoms with Gasteiger partial charge in [-0.1, -0.05) is 62.9 Å². The Bertz CT molecular complexity index is 500. The first kappa shape index (κ1) is 19.9. The van der Waals surface area contributed by atoms with Crippen LogP contribution in [0.2, 0.25) is 0 Å². The second kappa shape index (κ2) is 10.4. The van der Waals surface area contributed by atoms with E-state index in [0.29, 0.717) is 17.8 Å². The molecule has 0 bridgehead atoms. The lowest BCUT2D eigenvalue weighted by Crippen LogP contribution is -2.45. The van der Waals surface area contributed by atoms with Crippen LogP contribution in [0, 0.1) is 11.8 Å². The van der Waals surface area contributed by atoms with Gasteiger partial charge in [0.25, 0.3) is 0 Å². The number of hydrogen-bond acceptors (Lipinski definition) is 3. The smallest absolute Gasteiger partial charge is 0.0574 e. The SMILES string of the molecule is CC(CC(c1ccccc1)C1CCCCCCC1O)CN1CCNCC1. The number of rotatable bonds is 6. The Hall–Kier alpha value is -0.900. The van der Waals surface area contributed by atoms with Crippen molar-refractivity contribution in [3.8, 4) is 0 Å². The minimum absolute atomic E-state index is 0.133. The van der Waals surface area contributed by atoms with Crippen LogP contribution < -0.4 is 5.32 Å². The fourth-order valence-corrected chi connectivity index (χ4v) is 5.06. The quantitative estimate of drug-likeness (QED) is 0.806. The van der Waals surface area contributed by atoms with Crippen LogP contribution in [0.1, 0.15) is 63.4 Å². The van der Waals surface area contributed by atoms with Crippen LogP contribution in [-0.2, 0) is 0 Å². The topological polar surface area (TPSA) is 35.5 Å². The predicted octanol–water partition coefficient (Wildman–Crippen LogP) is 4.03. The van der Waals surface area contributed by atoms with Gasteiger partial charge in [-0.25, -0.2) is 0 Å². The van der Waals surface area contributed by atoms with E-state index in [1.54, 1.807) is 0 Å². The summed E-state index contributed by atoms with van der Waals surface area (Å²) in [6.45, 7) is 8.19. The van der Waals surface area contributed by atoms with Gasteiger partial charge in [0.15, 0.2) is 0 Å². The van der Waals surface area contributed by atoms with Gasteiger partial charge in [-0.05, 0) is 42.6 Å². The fraction of sp³-hybridized carbons (Fsp3) is 0.739. The maximum Gasteiger partial charge on any atom is 0.0574 e. The third-order valence-electron chi connectivity index (χ3n) is 6.46. The average Bonchev–Trinajstić information content (AvgIpc) is 2.65. The predicted molar refractivity (Wildman–Crippen MR) is 109 cm³/mol. The highest BCUT2D eigenvalue weighted by atomic mass is 16.3. The van der Waals surface area contributed by atoms with Gasteiger partial charge in [-0.3, -0.25) is 0 Å². The molecule has 4 unspecified atom stereocenters. The summed E-state index contributed by atoms with van der Waals surface area (Å²) in [7, 11) is 0. The second-order valence-corrected chi connectivity index (χ2v) is 8.63. The van der Waals surface area contributed by atoms with Gasteiger partial charge in [0, 0.05) is 32.7 Å². The van der Waals surface area contributed by atoms with E-state index in [1.807, 2.05) is 0 Å². The van der Waals surface area contributed by atoms with Gasteiger partial charge in [0.1, 0.15) is 0 Å². The molecule has 146 valence electrons. The molecule has 2 fully saturated rings. The van der Waals surface area contributed by atoms with Crippen molar-refractivity contribution in [3.05, 3.63) is 35.9 Å². The lowest BCUT2D eigenvalue weighted by molar-refractivity contribution is 0.0615. The minimum atomic E-state index is -0.133. The average molecular weight is 359 g/mol. The van der Waals surface area contributed by atoms with Crippen LogP contribution in [0.25, 0.3) is 0 Å². The maximum absolute atomic E-state index is 10.9. The highest BCUT2D eigenvalue weighted by Crippen LogP contribution is 2.39. The van der Waals surface area contributed by atoms with Gasteiger partial charge < -0.3 is 15.3 Å². The maximum atomic E-state index is 10.9. The van der Waals surface area contributed by atoms with Crippen LogP contribution in [0.15, 0.2) is 30.3 Å². The van der Waals surface area contributed by atoms with Crippen molar-refractivity contribution >= 4 is 0 Å². The standard InChI is InChI=1S/C23H38N2O/c1-19(18-25-15-13-24-14-16-25)17-22(20-9-5-4-6-10-20)21-11-7-2-3-8-12-23(21)26/h4-6,9-10,19,21-24,26H,2-3,7-8,11-18H2,1H3. The molecule has 1 aliphatic carbocycles. The number of nitrogens with zero attached hydrogens (tertiary/aromatic N) is 1. The monoisotopic (exact) mass is 358 g/mol. The number of benzene rings is 1. The first-order chi connectivity index (χ1) is 12.7. The molecular weight excluding hydrogens is 320 g/mol. The number of aliphatic hydroxyl groups excluding tert-OH is 1. The molecular formula is C23H38N2O. The molecule has 2 N–H and O–H groups in total. The largest absolute Gasteiger partial charge is 0.393 e.